The molecule has 2 aromatic rings. The van der Waals surface area contributed by atoms with E-state index >= 15 is 0 Å². The largest absolute Gasteiger partial charge is 0.352 e. The van der Waals surface area contributed by atoms with Gasteiger partial charge in [0.25, 0.3) is 0 Å². The van der Waals surface area contributed by atoms with Gasteiger partial charge in [0.1, 0.15) is 12.6 Å². The number of anilines is 1. The Balaban J connectivity index is 2.40. The summed E-state index contributed by atoms with van der Waals surface area (Å²) < 4.78 is 26.3. The van der Waals surface area contributed by atoms with Crippen LogP contribution in [0.3, 0.4) is 0 Å². The van der Waals surface area contributed by atoms with Gasteiger partial charge in [-0.3, -0.25) is 13.9 Å². The molecular formula is C25H33Cl2N3O4S. The van der Waals surface area contributed by atoms with E-state index in [2.05, 4.69) is 5.32 Å². The van der Waals surface area contributed by atoms with Crippen molar-refractivity contribution in [3.05, 3.63) is 64.1 Å². The Labute approximate surface area is 218 Å². The van der Waals surface area contributed by atoms with E-state index in [4.69, 9.17) is 23.2 Å². The number of hydrogen-bond acceptors (Lipinski definition) is 4. The maximum absolute atomic E-state index is 13.6. The first kappa shape index (κ1) is 28.9. The molecular weight excluding hydrogens is 509 g/mol. The third-order valence-corrected chi connectivity index (χ3v) is 7.69. The first-order chi connectivity index (χ1) is 16.5. The predicted octanol–water partition coefficient (Wildman–Crippen LogP) is 4.52. The van der Waals surface area contributed by atoms with Crippen molar-refractivity contribution in [2.75, 3.05) is 23.7 Å². The van der Waals surface area contributed by atoms with E-state index in [9.17, 15) is 18.0 Å². The molecule has 2 amide bonds. The van der Waals surface area contributed by atoms with E-state index in [0.717, 1.165) is 22.5 Å². The lowest BCUT2D eigenvalue weighted by molar-refractivity contribution is -0.139. The number of rotatable bonds is 12. The van der Waals surface area contributed by atoms with Crippen LogP contribution in [0.5, 0.6) is 0 Å². The van der Waals surface area contributed by atoms with Gasteiger partial charge in [-0.1, -0.05) is 73.4 Å². The molecule has 10 heteroatoms. The molecule has 0 heterocycles. The molecule has 2 aromatic carbocycles. The van der Waals surface area contributed by atoms with Gasteiger partial charge in [-0.15, -0.1) is 0 Å². The summed E-state index contributed by atoms with van der Waals surface area (Å²) in [5, 5.41) is 3.15. The standard InChI is InChI=1S/C25H33Cl2N3O4S/c1-5-18(3)28-25(32)21(6-2)29(16-15-19-11-8-7-9-12-19)23(31)17-30(35(4,33)34)22-14-10-13-20(26)24(22)27/h7-14,18,21H,5-6,15-17H2,1-4H3,(H,28,32)/t18-,21+/m1/s1. The maximum Gasteiger partial charge on any atom is 0.244 e. The molecule has 0 aliphatic heterocycles. The Hall–Kier alpha value is -2.29. The zero-order valence-corrected chi connectivity index (χ0v) is 22.8. The number of carbonyl (C=O) groups excluding carboxylic acids is 2. The van der Waals surface area contributed by atoms with Crippen molar-refractivity contribution in [3.63, 3.8) is 0 Å². The second-order valence-corrected chi connectivity index (χ2v) is 11.1. The van der Waals surface area contributed by atoms with Gasteiger partial charge in [0.2, 0.25) is 21.8 Å². The number of carbonyl (C=O) groups is 2. The zero-order valence-electron chi connectivity index (χ0n) is 20.5. The number of halogens is 2. The maximum atomic E-state index is 13.6. The lowest BCUT2D eigenvalue weighted by Gasteiger charge is -2.33. The molecule has 0 aromatic heterocycles. The highest BCUT2D eigenvalue weighted by molar-refractivity contribution is 7.92. The van der Waals surface area contributed by atoms with E-state index in [0.29, 0.717) is 12.8 Å². The Kier molecular flexibility index (Phi) is 10.9. The van der Waals surface area contributed by atoms with Crippen LogP contribution in [0.1, 0.15) is 39.2 Å². The summed E-state index contributed by atoms with van der Waals surface area (Å²) >= 11 is 12.4. The third kappa shape index (κ3) is 8.12. The molecule has 0 fully saturated rings. The SMILES string of the molecule is CC[C@@H](C)NC(=O)[C@H](CC)N(CCc1ccccc1)C(=O)CN(c1cccc(Cl)c1Cl)S(C)(=O)=O. The number of nitrogens with one attached hydrogen (secondary N) is 1. The summed E-state index contributed by atoms with van der Waals surface area (Å²) in [6, 6.07) is 13.4. The zero-order chi connectivity index (χ0) is 26.2. The van der Waals surface area contributed by atoms with E-state index in [-0.39, 0.29) is 34.2 Å². The minimum atomic E-state index is -3.89. The van der Waals surface area contributed by atoms with Crippen LogP contribution in [0.15, 0.2) is 48.5 Å². The van der Waals surface area contributed by atoms with Crippen LogP contribution < -0.4 is 9.62 Å². The van der Waals surface area contributed by atoms with Gasteiger partial charge in [-0.2, -0.15) is 0 Å². The highest BCUT2D eigenvalue weighted by atomic mass is 35.5. The summed E-state index contributed by atoms with van der Waals surface area (Å²) in [7, 11) is -3.89. The van der Waals surface area contributed by atoms with Crippen LogP contribution in [0, 0.1) is 0 Å². The van der Waals surface area contributed by atoms with E-state index in [1.54, 1.807) is 6.07 Å². The normalized spacial score (nSPS) is 13.1. The van der Waals surface area contributed by atoms with Gasteiger partial charge in [0.05, 0.1) is 22.0 Å². The first-order valence-electron chi connectivity index (χ1n) is 11.5. The Morgan fingerprint density at radius 3 is 2.23 bits per heavy atom. The fourth-order valence-electron chi connectivity index (χ4n) is 3.62. The molecule has 35 heavy (non-hydrogen) atoms. The Bertz CT molecular complexity index is 1110. The fraction of sp³-hybridized carbons (Fsp3) is 0.440. The van der Waals surface area contributed by atoms with Crippen molar-refractivity contribution in [1.82, 2.24) is 10.2 Å². The van der Waals surface area contributed by atoms with Gasteiger partial charge in [-0.25, -0.2) is 8.42 Å². The summed E-state index contributed by atoms with van der Waals surface area (Å²) in [5.41, 5.74) is 1.11. The summed E-state index contributed by atoms with van der Waals surface area (Å²) in [6.45, 7) is 5.42. The van der Waals surface area contributed by atoms with Crippen molar-refractivity contribution >= 4 is 50.7 Å². The molecule has 0 aliphatic carbocycles. The number of nitrogens with zero attached hydrogens (tertiary/aromatic N) is 2. The molecule has 0 aliphatic rings. The molecule has 1 N–H and O–H groups in total. The lowest BCUT2D eigenvalue weighted by Crippen LogP contribution is -2.54. The van der Waals surface area contributed by atoms with Gasteiger partial charge >= 0.3 is 0 Å². The van der Waals surface area contributed by atoms with Crippen LogP contribution in [0.25, 0.3) is 0 Å². The Morgan fingerprint density at radius 2 is 1.66 bits per heavy atom. The predicted molar refractivity (Wildman–Crippen MR) is 142 cm³/mol. The highest BCUT2D eigenvalue weighted by Gasteiger charge is 2.32. The molecule has 192 valence electrons. The van der Waals surface area contributed by atoms with Crippen LogP contribution in [-0.4, -0.2) is 56.6 Å². The summed E-state index contributed by atoms with van der Waals surface area (Å²) in [4.78, 5) is 28.2. The molecule has 2 rings (SSSR count). The lowest BCUT2D eigenvalue weighted by atomic mass is 10.1. The van der Waals surface area contributed by atoms with Crippen LogP contribution in [0.2, 0.25) is 10.0 Å². The summed E-state index contributed by atoms with van der Waals surface area (Å²) in [5.74, 6) is -0.775. The van der Waals surface area contributed by atoms with Crippen molar-refractivity contribution in [2.24, 2.45) is 0 Å². The average molecular weight is 543 g/mol. The molecule has 2 atom stereocenters. The van der Waals surface area contributed by atoms with Gasteiger partial charge in [0.15, 0.2) is 0 Å². The second kappa shape index (κ2) is 13.1. The quantitative estimate of drug-likeness (QED) is 0.427. The molecule has 0 saturated heterocycles. The van der Waals surface area contributed by atoms with Crippen LogP contribution in [0.4, 0.5) is 5.69 Å². The average Bonchev–Trinajstić information content (AvgIpc) is 2.81. The van der Waals surface area contributed by atoms with Gasteiger partial charge < -0.3 is 10.2 Å². The van der Waals surface area contributed by atoms with Crippen molar-refractivity contribution < 1.29 is 18.0 Å². The van der Waals surface area contributed by atoms with Crippen molar-refractivity contribution in [3.8, 4) is 0 Å². The second-order valence-electron chi connectivity index (χ2n) is 8.41. The molecule has 0 radical (unpaired) electrons. The number of hydrogen-bond donors (Lipinski definition) is 1. The summed E-state index contributed by atoms with van der Waals surface area (Å²) in [6.07, 6.45) is 2.63. The highest BCUT2D eigenvalue weighted by Crippen LogP contribution is 2.33. The molecule has 7 nitrogen and oxygen atoms in total. The number of benzene rings is 2. The van der Waals surface area contributed by atoms with Gasteiger partial charge in [0, 0.05) is 12.6 Å². The van der Waals surface area contributed by atoms with E-state index < -0.39 is 28.5 Å². The smallest absolute Gasteiger partial charge is 0.244 e. The minimum absolute atomic E-state index is 0.0322. The third-order valence-electron chi connectivity index (χ3n) is 5.75. The van der Waals surface area contributed by atoms with Crippen LogP contribution in [-0.2, 0) is 26.0 Å². The van der Waals surface area contributed by atoms with E-state index in [1.807, 2.05) is 51.1 Å². The van der Waals surface area contributed by atoms with Gasteiger partial charge in [-0.05, 0) is 43.9 Å². The number of sulfonamides is 1. The molecule has 0 saturated carbocycles. The molecule has 0 bridgehead atoms. The molecule has 0 unspecified atom stereocenters. The fourth-order valence-corrected chi connectivity index (χ4v) is 4.92. The Morgan fingerprint density at radius 1 is 1.00 bits per heavy atom. The molecule has 0 spiro atoms. The van der Waals surface area contributed by atoms with Crippen LogP contribution >= 0.6 is 23.2 Å². The topological polar surface area (TPSA) is 86.8 Å². The number of amides is 2. The first-order valence-corrected chi connectivity index (χ1v) is 14.1. The monoisotopic (exact) mass is 541 g/mol. The van der Waals surface area contributed by atoms with Crippen molar-refractivity contribution in [1.29, 1.82) is 0 Å². The van der Waals surface area contributed by atoms with Crippen molar-refractivity contribution in [2.45, 2.75) is 52.1 Å². The minimum Gasteiger partial charge on any atom is -0.352 e. The van der Waals surface area contributed by atoms with E-state index in [1.165, 1.54) is 17.0 Å².